The summed E-state index contributed by atoms with van der Waals surface area (Å²) in [5.41, 5.74) is 1.43. The highest BCUT2D eigenvalue weighted by Crippen LogP contribution is 2.28. The van der Waals surface area contributed by atoms with Crippen LogP contribution >= 0.6 is 24.0 Å². The van der Waals surface area contributed by atoms with Crippen molar-refractivity contribution in [2.24, 2.45) is 0 Å². The number of benzene rings is 1. The van der Waals surface area contributed by atoms with Crippen molar-refractivity contribution < 1.29 is 0 Å². The summed E-state index contributed by atoms with van der Waals surface area (Å²) in [6.45, 7) is 1.16. The maximum Gasteiger partial charge on any atom is 0.0504 e. The second-order valence-electron chi connectivity index (χ2n) is 3.67. The van der Waals surface area contributed by atoms with Gasteiger partial charge in [0.05, 0.1) is 6.04 Å². The van der Waals surface area contributed by atoms with Gasteiger partial charge in [-0.05, 0) is 12.0 Å². The third-order valence-corrected chi connectivity index (χ3v) is 2.90. The number of halogens is 1. The van der Waals surface area contributed by atoms with E-state index in [1.165, 1.54) is 12.0 Å². The van der Waals surface area contributed by atoms with Gasteiger partial charge in [0.15, 0.2) is 0 Å². The lowest BCUT2D eigenvalue weighted by Crippen LogP contribution is -2.30. The Balaban J connectivity index is 0.000000980. The highest BCUT2D eigenvalue weighted by atomic mass is 127. The van der Waals surface area contributed by atoms with Crippen molar-refractivity contribution >= 4 is 24.0 Å². The molecule has 1 aromatic carbocycles. The van der Waals surface area contributed by atoms with Crippen molar-refractivity contribution in [1.29, 1.82) is 0 Å². The molecule has 0 aliphatic carbocycles. The molecule has 1 aliphatic heterocycles. The normalized spacial score (nSPS) is 23.4. The van der Waals surface area contributed by atoms with E-state index < -0.39 is 0 Å². The van der Waals surface area contributed by atoms with Crippen molar-refractivity contribution in [2.45, 2.75) is 12.5 Å². The highest BCUT2D eigenvalue weighted by molar-refractivity contribution is 14.0. The Labute approximate surface area is 103 Å². The monoisotopic (exact) mass is 304 g/mol. The Bertz CT molecular complexity index is 276. The minimum Gasteiger partial charge on any atom is -0.244 e. The van der Waals surface area contributed by atoms with Gasteiger partial charge in [-0.25, -0.2) is 10.0 Å². The van der Waals surface area contributed by atoms with Crippen LogP contribution in [0.15, 0.2) is 30.3 Å². The molecule has 14 heavy (non-hydrogen) atoms. The number of nitrogens with zero attached hydrogens (tertiary/aromatic N) is 2. The Hall–Kier alpha value is -0.130. The molecule has 1 atom stereocenters. The predicted octanol–water partition coefficient (Wildman–Crippen LogP) is 2.53. The number of hydrazine groups is 1. The quantitative estimate of drug-likeness (QED) is 0.736. The van der Waals surface area contributed by atoms with Gasteiger partial charge in [0.2, 0.25) is 0 Å². The van der Waals surface area contributed by atoms with Gasteiger partial charge < -0.3 is 0 Å². The molecule has 1 unspecified atom stereocenters. The molecule has 3 heteroatoms. The Morgan fingerprint density at radius 3 is 2.29 bits per heavy atom. The molecule has 1 fully saturated rings. The van der Waals surface area contributed by atoms with E-state index in [0.717, 1.165) is 6.54 Å². The molecule has 2 rings (SSSR count). The lowest BCUT2D eigenvalue weighted by molar-refractivity contribution is 0.0529. The van der Waals surface area contributed by atoms with Crippen LogP contribution in [0.25, 0.3) is 0 Å². The first-order valence-corrected chi connectivity index (χ1v) is 4.78. The first-order chi connectivity index (χ1) is 6.29. The SMILES string of the molecule is CN1CCC(c2ccccc2)N1C.I. The molecule has 1 heterocycles. The zero-order valence-corrected chi connectivity index (χ0v) is 11.0. The van der Waals surface area contributed by atoms with E-state index in [2.05, 4.69) is 54.4 Å². The Morgan fingerprint density at radius 2 is 1.79 bits per heavy atom. The maximum atomic E-state index is 2.31. The average molecular weight is 304 g/mol. The van der Waals surface area contributed by atoms with Gasteiger partial charge in [-0.1, -0.05) is 30.3 Å². The van der Waals surface area contributed by atoms with Gasteiger partial charge in [-0.3, -0.25) is 0 Å². The van der Waals surface area contributed by atoms with Gasteiger partial charge >= 0.3 is 0 Å². The van der Waals surface area contributed by atoms with Crippen molar-refractivity contribution in [1.82, 2.24) is 10.0 Å². The summed E-state index contributed by atoms with van der Waals surface area (Å²) in [6.07, 6.45) is 1.23. The van der Waals surface area contributed by atoms with Crippen LogP contribution < -0.4 is 0 Å². The second-order valence-corrected chi connectivity index (χ2v) is 3.67. The number of hydrogen-bond acceptors (Lipinski definition) is 2. The maximum absolute atomic E-state index is 2.31. The Kier molecular flexibility index (Phi) is 4.34. The summed E-state index contributed by atoms with van der Waals surface area (Å²) in [5.74, 6) is 0. The van der Waals surface area contributed by atoms with Gasteiger partial charge in [-0.15, -0.1) is 24.0 Å². The van der Waals surface area contributed by atoms with Gasteiger partial charge in [0, 0.05) is 20.6 Å². The molecular formula is C11H17IN2. The molecule has 0 amide bonds. The third kappa shape index (κ3) is 2.27. The van der Waals surface area contributed by atoms with E-state index in [0.29, 0.717) is 6.04 Å². The topological polar surface area (TPSA) is 6.48 Å². The molecular weight excluding hydrogens is 287 g/mol. The summed E-state index contributed by atoms with van der Waals surface area (Å²) in [6, 6.07) is 11.3. The molecule has 1 saturated heterocycles. The van der Waals surface area contributed by atoms with Crippen LogP contribution in [0.5, 0.6) is 0 Å². The summed E-state index contributed by atoms with van der Waals surface area (Å²) in [4.78, 5) is 0. The third-order valence-electron chi connectivity index (χ3n) is 2.90. The lowest BCUT2D eigenvalue weighted by Gasteiger charge is -2.25. The minimum atomic E-state index is 0. The molecule has 78 valence electrons. The standard InChI is InChI=1S/C11H16N2.HI/c1-12-9-8-11(13(12)2)10-6-4-3-5-7-10;/h3-7,11H,8-9H2,1-2H3;1H. The molecule has 0 radical (unpaired) electrons. The van der Waals surface area contributed by atoms with E-state index in [1.54, 1.807) is 0 Å². The zero-order chi connectivity index (χ0) is 9.26. The van der Waals surface area contributed by atoms with Crippen LogP contribution in [0, 0.1) is 0 Å². The van der Waals surface area contributed by atoms with Gasteiger partial charge in [-0.2, -0.15) is 0 Å². The van der Waals surface area contributed by atoms with Crippen LogP contribution in [0.3, 0.4) is 0 Å². The van der Waals surface area contributed by atoms with E-state index >= 15 is 0 Å². The first-order valence-electron chi connectivity index (χ1n) is 4.78. The summed E-state index contributed by atoms with van der Waals surface area (Å²) < 4.78 is 0. The lowest BCUT2D eigenvalue weighted by atomic mass is 10.1. The smallest absolute Gasteiger partial charge is 0.0504 e. The van der Waals surface area contributed by atoms with Crippen molar-refractivity contribution in [3.63, 3.8) is 0 Å². The number of hydrogen-bond donors (Lipinski definition) is 0. The second kappa shape index (κ2) is 5.09. The van der Waals surface area contributed by atoms with Crippen LogP contribution in [0.4, 0.5) is 0 Å². The van der Waals surface area contributed by atoms with E-state index in [9.17, 15) is 0 Å². The molecule has 0 N–H and O–H groups in total. The minimum absolute atomic E-state index is 0. The van der Waals surface area contributed by atoms with E-state index in [4.69, 9.17) is 0 Å². The fourth-order valence-electron chi connectivity index (χ4n) is 1.95. The molecule has 0 aromatic heterocycles. The van der Waals surface area contributed by atoms with Gasteiger partial charge in [0.25, 0.3) is 0 Å². The van der Waals surface area contributed by atoms with Gasteiger partial charge in [0.1, 0.15) is 0 Å². The van der Waals surface area contributed by atoms with E-state index in [1.807, 2.05) is 0 Å². The molecule has 0 bridgehead atoms. The largest absolute Gasteiger partial charge is 0.244 e. The summed E-state index contributed by atoms with van der Waals surface area (Å²) in [5, 5.41) is 4.59. The number of rotatable bonds is 1. The first kappa shape index (κ1) is 11.9. The summed E-state index contributed by atoms with van der Waals surface area (Å²) >= 11 is 0. The molecule has 0 saturated carbocycles. The zero-order valence-electron chi connectivity index (χ0n) is 8.68. The molecule has 2 nitrogen and oxygen atoms in total. The van der Waals surface area contributed by atoms with Crippen LogP contribution in [-0.2, 0) is 0 Å². The summed E-state index contributed by atoms with van der Waals surface area (Å²) in [7, 11) is 4.30. The molecule has 1 aromatic rings. The van der Waals surface area contributed by atoms with Crippen molar-refractivity contribution in [2.75, 3.05) is 20.6 Å². The average Bonchev–Trinajstić information content (AvgIpc) is 2.49. The molecule has 0 spiro atoms. The highest BCUT2D eigenvalue weighted by Gasteiger charge is 2.26. The van der Waals surface area contributed by atoms with Crippen molar-refractivity contribution in [3.8, 4) is 0 Å². The van der Waals surface area contributed by atoms with E-state index in [-0.39, 0.29) is 24.0 Å². The molecule has 1 aliphatic rings. The fourth-order valence-corrected chi connectivity index (χ4v) is 1.95. The fraction of sp³-hybridized carbons (Fsp3) is 0.455. The van der Waals surface area contributed by atoms with Crippen LogP contribution in [-0.4, -0.2) is 30.7 Å². The van der Waals surface area contributed by atoms with Crippen LogP contribution in [0.1, 0.15) is 18.0 Å². The van der Waals surface area contributed by atoms with Crippen molar-refractivity contribution in [3.05, 3.63) is 35.9 Å². The Morgan fingerprint density at radius 1 is 1.14 bits per heavy atom. The van der Waals surface area contributed by atoms with Crippen LogP contribution in [0.2, 0.25) is 0 Å². The predicted molar refractivity (Wildman–Crippen MR) is 69.6 cm³/mol.